The van der Waals surface area contributed by atoms with Crippen molar-refractivity contribution < 1.29 is 9.59 Å². The second kappa shape index (κ2) is 9.41. The van der Waals surface area contributed by atoms with Gasteiger partial charge in [-0.15, -0.1) is 0 Å². The van der Waals surface area contributed by atoms with Gasteiger partial charge in [-0.1, -0.05) is 37.8 Å². The fourth-order valence-corrected chi connectivity index (χ4v) is 4.34. The van der Waals surface area contributed by atoms with Crippen LogP contribution in [0, 0.1) is 0 Å². The van der Waals surface area contributed by atoms with Crippen LogP contribution in [-0.4, -0.2) is 57.0 Å². The van der Waals surface area contributed by atoms with Gasteiger partial charge in [0.05, 0.1) is 6.04 Å². The average Bonchev–Trinajstić information content (AvgIpc) is 2.87. The molecule has 1 saturated carbocycles. The van der Waals surface area contributed by atoms with Gasteiger partial charge in [-0.25, -0.2) is 0 Å². The van der Waals surface area contributed by atoms with Crippen LogP contribution in [0.25, 0.3) is 0 Å². The third-order valence-electron chi connectivity index (χ3n) is 6.09. The van der Waals surface area contributed by atoms with E-state index in [2.05, 4.69) is 45.7 Å². The average molecular weight is 387 g/mol. The lowest BCUT2D eigenvalue weighted by molar-refractivity contribution is -0.139. The molecule has 1 fully saturated rings. The van der Waals surface area contributed by atoms with Gasteiger partial charge < -0.3 is 20.4 Å². The van der Waals surface area contributed by atoms with Crippen molar-refractivity contribution in [3.8, 4) is 0 Å². The predicted octanol–water partition coefficient (Wildman–Crippen LogP) is 2.24. The molecule has 0 spiro atoms. The highest BCUT2D eigenvalue weighted by atomic mass is 16.2. The van der Waals surface area contributed by atoms with Gasteiger partial charge in [-0.3, -0.25) is 9.59 Å². The third kappa shape index (κ3) is 5.04. The molecule has 2 N–H and O–H groups in total. The van der Waals surface area contributed by atoms with Crippen molar-refractivity contribution in [2.45, 2.75) is 57.0 Å². The molecule has 3 rings (SSSR count). The molecule has 1 aliphatic carbocycles. The Bertz CT molecular complexity index is 696. The highest BCUT2D eigenvalue weighted by Gasteiger charge is 2.23. The summed E-state index contributed by atoms with van der Waals surface area (Å²) < 4.78 is 0. The number of hydrogen-bond donors (Lipinski definition) is 2. The molecule has 1 aromatic rings. The van der Waals surface area contributed by atoms with E-state index in [1.54, 1.807) is 0 Å². The predicted molar refractivity (Wildman–Crippen MR) is 112 cm³/mol. The maximum Gasteiger partial charge on any atom is 0.309 e. The number of carbonyl (C=O) groups excluding carboxylic acids is 2. The van der Waals surface area contributed by atoms with Crippen LogP contribution in [0.4, 0.5) is 5.69 Å². The van der Waals surface area contributed by atoms with E-state index in [9.17, 15) is 9.59 Å². The van der Waals surface area contributed by atoms with E-state index in [1.807, 2.05) is 14.1 Å². The van der Waals surface area contributed by atoms with Crippen LogP contribution in [0.2, 0.25) is 0 Å². The van der Waals surface area contributed by atoms with Gasteiger partial charge in [-0.05, 0) is 50.6 Å². The number of carbonyl (C=O) groups is 2. The van der Waals surface area contributed by atoms with Gasteiger partial charge in [-0.2, -0.15) is 0 Å². The standard InChI is InChI=1S/C22H34N4O2/c1-25(2)20(16-10-11-19-17(14-16)12-13-26(19)3)15-23-21(27)22(28)24-18-8-6-4-5-7-9-18/h10-11,14,18,20H,4-9,12-13,15H2,1-3H3,(H,23,27)(H,24,28)/t20-/m1/s1. The first-order chi connectivity index (χ1) is 13.5. The van der Waals surface area contributed by atoms with E-state index in [-0.39, 0.29) is 12.1 Å². The minimum absolute atomic E-state index is 0.0332. The van der Waals surface area contributed by atoms with E-state index in [0.717, 1.165) is 38.6 Å². The summed E-state index contributed by atoms with van der Waals surface area (Å²) in [7, 11) is 6.12. The summed E-state index contributed by atoms with van der Waals surface area (Å²) >= 11 is 0. The molecular formula is C22H34N4O2. The Kier molecular flexibility index (Phi) is 6.94. The molecule has 6 nitrogen and oxygen atoms in total. The van der Waals surface area contributed by atoms with E-state index in [4.69, 9.17) is 0 Å². The summed E-state index contributed by atoms with van der Waals surface area (Å²) in [6.07, 6.45) is 7.70. The van der Waals surface area contributed by atoms with Crippen molar-refractivity contribution in [3.63, 3.8) is 0 Å². The molecule has 0 radical (unpaired) electrons. The number of nitrogens with one attached hydrogen (secondary N) is 2. The van der Waals surface area contributed by atoms with Crippen molar-refractivity contribution >= 4 is 17.5 Å². The number of fused-ring (bicyclic) bond motifs is 1. The van der Waals surface area contributed by atoms with Crippen LogP contribution >= 0.6 is 0 Å². The van der Waals surface area contributed by atoms with Crippen LogP contribution in [0.15, 0.2) is 18.2 Å². The Morgan fingerprint density at radius 3 is 2.54 bits per heavy atom. The molecule has 6 heteroatoms. The molecule has 154 valence electrons. The monoisotopic (exact) mass is 386 g/mol. The SMILES string of the molecule is CN1CCc2cc([C@@H](CNC(=O)C(=O)NC3CCCCCC3)N(C)C)ccc21. The summed E-state index contributed by atoms with van der Waals surface area (Å²) in [4.78, 5) is 29.0. The van der Waals surface area contributed by atoms with E-state index in [1.165, 1.54) is 29.7 Å². The summed E-state index contributed by atoms with van der Waals surface area (Å²) in [6.45, 7) is 1.46. The number of nitrogens with zero attached hydrogens (tertiary/aromatic N) is 2. The lowest BCUT2D eigenvalue weighted by atomic mass is 10.0. The Balaban J connectivity index is 1.57. The second-order valence-corrected chi connectivity index (χ2v) is 8.41. The van der Waals surface area contributed by atoms with Crippen molar-refractivity contribution in [1.29, 1.82) is 0 Å². The molecule has 1 aromatic carbocycles. The number of benzene rings is 1. The first-order valence-electron chi connectivity index (χ1n) is 10.5. The van der Waals surface area contributed by atoms with Crippen molar-refractivity contribution in [3.05, 3.63) is 29.3 Å². The zero-order chi connectivity index (χ0) is 20.1. The van der Waals surface area contributed by atoms with E-state index in [0.29, 0.717) is 6.54 Å². The zero-order valence-electron chi connectivity index (χ0n) is 17.5. The minimum Gasteiger partial charge on any atom is -0.374 e. The summed E-state index contributed by atoms with van der Waals surface area (Å²) in [6, 6.07) is 6.70. The number of amides is 2. The lowest BCUT2D eigenvalue weighted by Crippen LogP contribution is -2.46. The molecule has 2 aliphatic rings. The van der Waals surface area contributed by atoms with Crippen LogP contribution in [0.5, 0.6) is 0 Å². The van der Waals surface area contributed by atoms with Crippen LogP contribution in [0.3, 0.4) is 0 Å². The van der Waals surface area contributed by atoms with Crippen LogP contribution in [0.1, 0.15) is 55.7 Å². The second-order valence-electron chi connectivity index (χ2n) is 8.41. The maximum absolute atomic E-state index is 12.3. The molecular weight excluding hydrogens is 352 g/mol. The summed E-state index contributed by atoms with van der Waals surface area (Å²) in [5.74, 6) is -1.03. The fourth-order valence-electron chi connectivity index (χ4n) is 4.34. The molecule has 1 aliphatic heterocycles. The van der Waals surface area contributed by atoms with Crippen LogP contribution < -0.4 is 15.5 Å². The number of hydrogen-bond acceptors (Lipinski definition) is 4. The molecule has 0 unspecified atom stereocenters. The van der Waals surface area contributed by atoms with Gasteiger partial charge in [0.25, 0.3) is 0 Å². The van der Waals surface area contributed by atoms with Crippen molar-refractivity contribution in [2.24, 2.45) is 0 Å². The van der Waals surface area contributed by atoms with Crippen molar-refractivity contribution in [1.82, 2.24) is 15.5 Å². The molecule has 28 heavy (non-hydrogen) atoms. The number of rotatable bonds is 5. The van der Waals surface area contributed by atoms with Crippen LogP contribution in [-0.2, 0) is 16.0 Å². The number of likely N-dealkylation sites (N-methyl/N-ethyl adjacent to an activating group) is 2. The number of anilines is 1. The first-order valence-corrected chi connectivity index (χ1v) is 10.5. The Morgan fingerprint density at radius 2 is 1.86 bits per heavy atom. The lowest BCUT2D eigenvalue weighted by Gasteiger charge is -2.26. The Hall–Kier alpha value is -2.08. The maximum atomic E-state index is 12.3. The molecule has 0 aromatic heterocycles. The van der Waals surface area contributed by atoms with Gasteiger partial charge in [0.2, 0.25) is 0 Å². The first kappa shape index (κ1) is 20.6. The smallest absolute Gasteiger partial charge is 0.309 e. The highest BCUT2D eigenvalue weighted by molar-refractivity contribution is 6.35. The highest BCUT2D eigenvalue weighted by Crippen LogP contribution is 2.30. The molecule has 0 bridgehead atoms. The van der Waals surface area contributed by atoms with Gasteiger partial charge in [0, 0.05) is 31.9 Å². The fraction of sp³-hybridized carbons (Fsp3) is 0.636. The van der Waals surface area contributed by atoms with Gasteiger partial charge in [0.15, 0.2) is 0 Å². The molecule has 1 heterocycles. The van der Waals surface area contributed by atoms with Crippen molar-refractivity contribution in [2.75, 3.05) is 39.1 Å². The topological polar surface area (TPSA) is 64.7 Å². The minimum atomic E-state index is -0.531. The molecule has 2 amide bonds. The Labute approximate surface area is 168 Å². The summed E-state index contributed by atoms with van der Waals surface area (Å²) in [5.41, 5.74) is 3.81. The quantitative estimate of drug-likeness (QED) is 0.602. The van der Waals surface area contributed by atoms with E-state index >= 15 is 0 Å². The summed E-state index contributed by atoms with van der Waals surface area (Å²) in [5, 5.41) is 5.76. The normalized spacial score (nSPS) is 18.5. The molecule has 0 saturated heterocycles. The zero-order valence-corrected chi connectivity index (χ0v) is 17.5. The largest absolute Gasteiger partial charge is 0.374 e. The van der Waals surface area contributed by atoms with Gasteiger partial charge in [0.1, 0.15) is 0 Å². The third-order valence-corrected chi connectivity index (χ3v) is 6.09. The molecule has 1 atom stereocenters. The van der Waals surface area contributed by atoms with Gasteiger partial charge >= 0.3 is 11.8 Å². The Morgan fingerprint density at radius 1 is 1.14 bits per heavy atom. The van der Waals surface area contributed by atoms with E-state index < -0.39 is 11.8 Å².